The van der Waals surface area contributed by atoms with Crippen LogP contribution in [0, 0.1) is 0 Å². The maximum Gasteiger partial charge on any atom is 0.211 e. The molecule has 0 radical (unpaired) electrons. The van der Waals surface area contributed by atoms with Gasteiger partial charge in [-0.25, -0.2) is 0 Å². The predicted octanol–water partition coefficient (Wildman–Crippen LogP) is 0.886. The molecule has 0 aliphatic carbocycles. The highest BCUT2D eigenvalue weighted by Crippen LogP contribution is 1.85. The molecule has 0 aromatic heterocycles. The second kappa shape index (κ2) is 4.55. The monoisotopic (exact) mass is 145 g/mol. The molecule has 0 saturated carbocycles. The van der Waals surface area contributed by atoms with Crippen molar-refractivity contribution in [1.29, 1.82) is 0 Å². The van der Waals surface area contributed by atoms with Crippen molar-refractivity contribution < 1.29 is 4.79 Å². The van der Waals surface area contributed by atoms with E-state index in [0.717, 1.165) is 6.42 Å². The van der Waals surface area contributed by atoms with E-state index >= 15 is 0 Å². The molecule has 0 aliphatic rings. The molecule has 0 aliphatic heterocycles. The molecule has 0 bridgehead atoms. The number of carbonyl (C=O) groups is 1. The van der Waals surface area contributed by atoms with Crippen LogP contribution in [0.25, 0.3) is 0 Å². The molecule has 0 aromatic carbocycles. The van der Waals surface area contributed by atoms with Gasteiger partial charge in [-0.3, -0.25) is 4.79 Å². The fraction of sp³-hybridized carbons (Fsp3) is 0.833. The van der Waals surface area contributed by atoms with Gasteiger partial charge in [0, 0.05) is 6.42 Å². The number of hydrogen-bond acceptors (Lipinski definition) is 1. The molecule has 0 unspecified atom stereocenters. The van der Waals surface area contributed by atoms with Crippen LogP contribution in [-0.2, 0) is 4.79 Å². The maximum atomic E-state index is 10.8. The number of nitrogens with one attached hydrogen (secondary N) is 1. The van der Waals surface area contributed by atoms with Crippen LogP contribution in [-0.4, -0.2) is 14.9 Å². The third-order valence-corrected chi connectivity index (χ3v) is 1.83. The van der Waals surface area contributed by atoms with Crippen LogP contribution in [0.5, 0.6) is 0 Å². The summed E-state index contributed by atoms with van der Waals surface area (Å²) < 4.78 is 0. The third kappa shape index (κ3) is 5.56. The summed E-state index contributed by atoms with van der Waals surface area (Å²) in [6, 6.07) is 0. The average Bonchev–Trinajstić information content (AvgIpc) is 1.63. The van der Waals surface area contributed by atoms with Crippen LogP contribution in [0.4, 0.5) is 0 Å². The highest BCUT2D eigenvalue weighted by atomic mass is 28.3. The number of hydrogen-bond donors (Lipinski definition) is 1. The van der Waals surface area contributed by atoms with Gasteiger partial charge in [0.2, 0.25) is 5.91 Å². The largest absolute Gasteiger partial charge is 0.385 e. The van der Waals surface area contributed by atoms with Crippen molar-refractivity contribution in [3.63, 3.8) is 0 Å². The third-order valence-electron chi connectivity index (χ3n) is 0.927. The highest BCUT2D eigenvalue weighted by Gasteiger charge is 2.00. The summed E-state index contributed by atoms with van der Waals surface area (Å²) in [5, 5.41) is 0. The standard InChI is InChI=1S/C6H15NOSi/c1-4-5-6(8)7-9(2)3/h9H,4-5H2,1-3H3,(H,7,8). The lowest BCUT2D eigenvalue weighted by Crippen LogP contribution is -2.33. The summed E-state index contributed by atoms with van der Waals surface area (Å²) >= 11 is 0. The van der Waals surface area contributed by atoms with Gasteiger partial charge >= 0.3 is 0 Å². The zero-order valence-electron chi connectivity index (χ0n) is 6.40. The van der Waals surface area contributed by atoms with Crippen molar-refractivity contribution in [2.75, 3.05) is 0 Å². The van der Waals surface area contributed by atoms with Crippen molar-refractivity contribution in [2.24, 2.45) is 0 Å². The molecule has 1 N–H and O–H groups in total. The van der Waals surface area contributed by atoms with Crippen molar-refractivity contribution in [3.05, 3.63) is 0 Å². The minimum atomic E-state index is -0.860. The first kappa shape index (κ1) is 8.69. The molecule has 0 heterocycles. The Hall–Kier alpha value is -0.313. The van der Waals surface area contributed by atoms with Gasteiger partial charge < -0.3 is 4.98 Å². The second-order valence-electron chi connectivity index (χ2n) is 2.47. The zero-order valence-corrected chi connectivity index (χ0v) is 7.55. The van der Waals surface area contributed by atoms with Crippen LogP contribution in [0.2, 0.25) is 13.1 Å². The summed E-state index contributed by atoms with van der Waals surface area (Å²) in [4.78, 5) is 13.7. The van der Waals surface area contributed by atoms with Gasteiger partial charge in [0.15, 0.2) is 0 Å². The molecule has 0 saturated heterocycles. The van der Waals surface area contributed by atoms with E-state index in [9.17, 15) is 4.79 Å². The van der Waals surface area contributed by atoms with E-state index < -0.39 is 8.96 Å². The Bertz CT molecular complexity index is 93.1. The van der Waals surface area contributed by atoms with Gasteiger partial charge in [-0.2, -0.15) is 0 Å². The molecular weight excluding hydrogens is 130 g/mol. The lowest BCUT2D eigenvalue weighted by molar-refractivity contribution is -0.119. The molecule has 0 fully saturated rings. The van der Waals surface area contributed by atoms with Gasteiger partial charge in [-0.1, -0.05) is 20.0 Å². The Labute approximate surface area is 58.3 Å². The molecule has 0 spiro atoms. The minimum Gasteiger partial charge on any atom is -0.385 e. The Balaban J connectivity index is 3.27. The van der Waals surface area contributed by atoms with Crippen LogP contribution in [0.15, 0.2) is 0 Å². The Morgan fingerprint density at radius 3 is 2.44 bits per heavy atom. The molecule has 9 heavy (non-hydrogen) atoms. The first-order chi connectivity index (χ1) is 4.16. The van der Waals surface area contributed by atoms with Crippen molar-refractivity contribution in [1.82, 2.24) is 4.98 Å². The summed E-state index contributed by atoms with van der Waals surface area (Å²) in [6.07, 6.45) is 1.64. The molecule has 3 heteroatoms. The lowest BCUT2D eigenvalue weighted by Gasteiger charge is -2.04. The fourth-order valence-electron chi connectivity index (χ4n) is 0.621. The highest BCUT2D eigenvalue weighted by molar-refractivity contribution is 6.55. The van der Waals surface area contributed by atoms with E-state index in [4.69, 9.17) is 0 Å². The fourth-order valence-corrected chi connectivity index (χ4v) is 1.41. The predicted molar refractivity (Wildman–Crippen MR) is 41.9 cm³/mol. The second-order valence-corrected chi connectivity index (χ2v) is 5.07. The number of carbonyl (C=O) groups excluding carboxylic acids is 1. The summed E-state index contributed by atoms with van der Waals surface area (Å²) in [6.45, 7) is 6.22. The molecule has 0 atom stereocenters. The van der Waals surface area contributed by atoms with Crippen LogP contribution < -0.4 is 4.98 Å². The Morgan fingerprint density at radius 2 is 2.11 bits per heavy atom. The van der Waals surface area contributed by atoms with Gasteiger partial charge in [0.25, 0.3) is 0 Å². The van der Waals surface area contributed by atoms with Crippen LogP contribution in [0.3, 0.4) is 0 Å². The van der Waals surface area contributed by atoms with Gasteiger partial charge in [0.1, 0.15) is 8.96 Å². The normalized spacial score (nSPS) is 9.78. The first-order valence-corrected chi connectivity index (χ1v) is 6.34. The van der Waals surface area contributed by atoms with Crippen LogP contribution in [0.1, 0.15) is 19.8 Å². The zero-order chi connectivity index (χ0) is 7.28. The van der Waals surface area contributed by atoms with E-state index in [1.54, 1.807) is 0 Å². The smallest absolute Gasteiger partial charge is 0.211 e. The Kier molecular flexibility index (Phi) is 4.40. The molecule has 0 rings (SSSR count). The van der Waals surface area contributed by atoms with E-state index in [0.29, 0.717) is 6.42 Å². The molecule has 54 valence electrons. The molecule has 1 amide bonds. The molecule has 0 aromatic rings. The van der Waals surface area contributed by atoms with Gasteiger partial charge in [-0.05, 0) is 6.42 Å². The summed E-state index contributed by atoms with van der Waals surface area (Å²) in [5.74, 6) is 0.221. The lowest BCUT2D eigenvalue weighted by atomic mass is 10.3. The van der Waals surface area contributed by atoms with E-state index in [1.165, 1.54) is 0 Å². The average molecular weight is 145 g/mol. The Morgan fingerprint density at radius 1 is 1.56 bits per heavy atom. The SMILES string of the molecule is CCCC(=O)N[SiH](C)C. The van der Waals surface area contributed by atoms with Crippen molar-refractivity contribution in [2.45, 2.75) is 32.9 Å². The summed E-state index contributed by atoms with van der Waals surface area (Å²) in [7, 11) is -0.860. The van der Waals surface area contributed by atoms with Crippen LogP contribution >= 0.6 is 0 Å². The molecule has 2 nitrogen and oxygen atoms in total. The van der Waals surface area contributed by atoms with Crippen molar-refractivity contribution >= 4 is 14.9 Å². The first-order valence-electron chi connectivity index (χ1n) is 3.46. The van der Waals surface area contributed by atoms with E-state index in [1.807, 2.05) is 6.92 Å². The number of rotatable bonds is 3. The summed E-state index contributed by atoms with van der Waals surface area (Å²) in [5.41, 5.74) is 0. The quantitative estimate of drug-likeness (QED) is 0.587. The van der Waals surface area contributed by atoms with E-state index in [-0.39, 0.29) is 5.91 Å². The maximum absolute atomic E-state index is 10.8. The molecular formula is C6H15NOSi. The van der Waals surface area contributed by atoms with Gasteiger partial charge in [-0.15, -0.1) is 0 Å². The van der Waals surface area contributed by atoms with Gasteiger partial charge in [0.05, 0.1) is 0 Å². The topological polar surface area (TPSA) is 29.1 Å². The number of amides is 1. The van der Waals surface area contributed by atoms with E-state index in [2.05, 4.69) is 18.1 Å². The minimum absolute atomic E-state index is 0.221. The van der Waals surface area contributed by atoms with Crippen molar-refractivity contribution in [3.8, 4) is 0 Å².